The lowest BCUT2D eigenvalue weighted by Crippen LogP contribution is -2.03. The Morgan fingerprint density at radius 3 is 2.58 bits per heavy atom. The topological polar surface area (TPSA) is 9.23 Å². The fourth-order valence-corrected chi connectivity index (χ4v) is 3.11. The van der Waals surface area contributed by atoms with Gasteiger partial charge in [-0.25, -0.2) is 0 Å². The van der Waals surface area contributed by atoms with Crippen molar-refractivity contribution in [2.24, 2.45) is 0 Å². The fourth-order valence-electron chi connectivity index (χ4n) is 2.51. The van der Waals surface area contributed by atoms with Gasteiger partial charge in [0.05, 0.1) is 0 Å². The molecule has 1 atom stereocenters. The standard InChI is InChI=1S/C16H14Cl2O/c1-10-2-4-12(5-3-10)19-16-7-6-13-14(16)8-11(17)9-15(13)18/h2-5,8-9,16H,6-7H2,1H3/t16-/m1/s1. The molecule has 3 rings (SSSR count). The highest BCUT2D eigenvalue weighted by atomic mass is 35.5. The van der Waals surface area contributed by atoms with E-state index in [1.807, 2.05) is 18.2 Å². The van der Waals surface area contributed by atoms with Gasteiger partial charge >= 0.3 is 0 Å². The Kier molecular flexibility index (Phi) is 3.42. The summed E-state index contributed by atoms with van der Waals surface area (Å²) in [4.78, 5) is 0. The van der Waals surface area contributed by atoms with E-state index in [9.17, 15) is 0 Å². The first kappa shape index (κ1) is 12.8. The molecule has 0 spiro atoms. The number of halogens is 2. The number of benzene rings is 2. The third kappa shape index (κ3) is 2.58. The smallest absolute Gasteiger partial charge is 0.124 e. The van der Waals surface area contributed by atoms with Crippen LogP contribution in [0.4, 0.5) is 0 Å². The first-order chi connectivity index (χ1) is 9.13. The fraction of sp³-hybridized carbons (Fsp3) is 0.250. The molecule has 0 aromatic heterocycles. The summed E-state index contributed by atoms with van der Waals surface area (Å²) in [6.45, 7) is 2.06. The lowest BCUT2D eigenvalue weighted by Gasteiger charge is -2.15. The van der Waals surface area contributed by atoms with E-state index >= 15 is 0 Å². The lowest BCUT2D eigenvalue weighted by atomic mass is 10.1. The molecular weight excluding hydrogens is 279 g/mol. The molecule has 1 nitrogen and oxygen atoms in total. The summed E-state index contributed by atoms with van der Waals surface area (Å²) in [5.74, 6) is 0.888. The van der Waals surface area contributed by atoms with E-state index in [0.717, 1.165) is 29.2 Å². The Hall–Kier alpha value is -1.18. The summed E-state index contributed by atoms with van der Waals surface area (Å²) < 4.78 is 6.05. The van der Waals surface area contributed by atoms with Crippen molar-refractivity contribution in [3.05, 3.63) is 63.1 Å². The maximum Gasteiger partial charge on any atom is 0.124 e. The number of aryl methyl sites for hydroxylation is 1. The van der Waals surface area contributed by atoms with Gasteiger partial charge in [-0.15, -0.1) is 0 Å². The highest BCUT2D eigenvalue weighted by Gasteiger charge is 2.26. The molecule has 3 heteroatoms. The maximum atomic E-state index is 6.22. The predicted molar refractivity (Wildman–Crippen MR) is 79.3 cm³/mol. The zero-order valence-corrected chi connectivity index (χ0v) is 12.1. The van der Waals surface area contributed by atoms with Gasteiger partial charge in [0.15, 0.2) is 0 Å². The van der Waals surface area contributed by atoms with Crippen molar-refractivity contribution in [2.45, 2.75) is 25.9 Å². The van der Waals surface area contributed by atoms with Crippen LogP contribution >= 0.6 is 23.2 Å². The number of ether oxygens (including phenoxy) is 1. The molecule has 0 saturated carbocycles. The molecule has 0 fully saturated rings. The number of hydrogen-bond donors (Lipinski definition) is 0. The normalized spacial score (nSPS) is 17.3. The second kappa shape index (κ2) is 5.07. The zero-order chi connectivity index (χ0) is 13.4. The predicted octanol–water partition coefficient (Wildman–Crippen LogP) is 5.37. The molecule has 1 aliphatic rings. The average molecular weight is 293 g/mol. The van der Waals surface area contributed by atoms with Crippen LogP contribution in [0.1, 0.15) is 29.2 Å². The van der Waals surface area contributed by atoms with E-state index < -0.39 is 0 Å². The van der Waals surface area contributed by atoms with Gasteiger partial charge in [0.2, 0.25) is 0 Å². The van der Waals surface area contributed by atoms with Gasteiger partial charge in [-0.3, -0.25) is 0 Å². The first-order valence-corrected chi connectivity index (χ1v) is 7.10. The van der Waals surface area contributed by atoms with Crippen LogP contribution < -0.4 is 4.74 Å². The molecule has 0 radical (unpaired) electrons. The Balaban J connectivity index is 1.88. The van der Waals surface area contributed by atoms with Crippen molar-refractivity contribution >= 4 is 23.2 Å². The molecule has 0 unspecified atom stereocenters. The third-order valence-corrected chi connectivity index (χ3v) is 4.05. The molecule has 1 aliphatic carbocycles. The zero-order valence-electron chi connectivity index (χ0n) is 10.6. The van der Waals surface area contributed by atoms with Crippen LogP contribution in [0.3, 0.4) is 0 Å². The Morgan fingerprint density at radius 1 is 1.11 bits per heavy atom. The summed E-state index contributed by atoms with van der Waals surface area (Å²) >= 11 is 12.3. The van der Waals surface area contributed by atoms with Gasteiger partial charge in [0.1, 0.15) is 11.9 Å². The largest absolute Gasteiger partial charge is 0.486 e. The van der Waals surface area contributed by atoms with E-state index in [1.54, 1.807) is 6.07 Å². The van der Waals surface area contributed by atoms with Crippen molar-refractivity contribution in [3.8, 4) is 5.75 Å². The monoisotopic (exact) mass is 292 g/mol. The number of hydrogen-bond acceptors (Lipinski definition) is 1. The van der Waals surface area contributed by atoms with Crippen molar-refractivity contribution in [1.29, 1.82) is 0 Å². The summed E-state index contributed by atoms with van der Waals surface area (Å²) in [6.07, 6.45) is 1.94. The van der Waals surface area contributed by atoms with Crippen molar-refractivity contribution in [2.75, 3.05) is 0 Å². The molecular formula is C16H14Cl2O. The molecule has 0 heterocycles. The van der Waals surface area contributed by atoms with Crippen molar-refractivity contribution in [3.63, 3.8) is 0 Å². The third-order valence-electron chi connectivity index (χ3n) is 3.50. The van der Waals surface area contributed by atoms with Gasteiger partial charge in [-0.05, 0) is 55.2 Å². The summed E-state index contributed by atoms with van der Waals surface area (Å²) in [6, 6.07) is 11.9. The van der Waals surface area contributed by atoms with Crippen LogP contribution in [0.5, 0.6) is 5.75 Å². The second-order valence-corrected chi connectivity index (χ2v) is 5.76. The molecule has 19 heavy (non-hydrogen) atoms. The minimum Gasteiger partial charge on any atom is -0.486 e. The molecule has 2 aromatic rings. The van der Waals surface area contributed by atoms with Crippen molar-refractivity contribution < 1.29 is 4.74 Å². The van der Waals surface area contributed by atoms with E-state index in [4.69, 9.17) is 27.9 Å². The summed E-state index contributed by atoms with van der Waals surface area (Å²) in [5, 5.41) is 1.42. The average Bonchev–Trinajstić information content (AvgIpc) is 2.76. The van der Waals surface area contributed by atoms with Crippen LogP contribution in [0.2, 0.25) is 10.0 Å². The number of rotatable bonds is 2. The van der Waals surface area contributed by atoms with Gasteiger partial charge in [-0.2, -0.15) is 0 Å². The van der Waals surface area contributed by atoms with Crippen LogP contribution in [0.15, 0.2) is 36.4 Å². The quantitative estimate of drug-likeness (QED) is 0.723. The van der Waals surface area contributed by atoms with E-state index in [0.29, 0.717) is 5.02 Å². The second-order valence-electron chi connectivity index (χ2n) is 4.91. The highest BCUT2D eigenvalue weighted by Crippen LogP contribution is 2.40. The minimum atomic E-state index is 0.0499. The lowest BCUT2D eigenvalue weighted by molar-refractivity contribution is 0.207. The molecule has 98 valence electrons. The SMILES string of the molecule is Cc1ccc(O[C@@H]2CCc3c(Cl)cc(Cl)cc32)cc1. The van der Waals surface area contributed by atoms with Crippen LogP contribution in [-0.2, 0) is 6.42 Å². The Morgan fingerprint density at radius 2 is 1.84 bits per heavy atom. The van der Waals surface area contributed by atoms with Gasteiger partial charge < -0.3 is 4.74 Å². The van der Waals surface area contributed by atoms with E-state index in [2.05, 4.69) is 19.1 Å². The van der Waals surface area contributed by atoms with E-state index in [-0.39, 0.29) is 6.10 Å². The molecule has 0 aliphatic heterocycles. The van der Waals surface area contributed by atoms with Gasteiger partial charge in [0, 0.05) is 10.0 Å². The Bertz CT molecular complexity index is 605. The van der Waals surface area contributed by atoms with Crippen LogP contribution in [-0.4, -0.2) is 0 Å². The summed E-state index contributed by atoms with van der Waals surface area (Å²) in [7, 11) is 0. The van der Waals surface area contributed by atoms with Crippen molar-refractivity contribution in [1.82, 2.24) is 0 Å². The van der Waals surface area contributed by atoms with Gasteiger partial charge in [0.25, 0.3) is 0 Å². The summed E-state index contributed by atoms with van der Waals surface area (Å²) in [5.41, 5.74) is 3.52. The molecule has 0 bridgehead atoms. The Labute approximate surface area is 123 Å². The minimum absolute atomic E-state index is 0.0499. The number of fused-ring (bicyclic) bond motifs is 1. The molecule has 0 amide bonds. The van der Waals surface area contributed by atoms with Crippen LogP contribution in [0.25, 0.3) is 0 Å². The van der Waals surface area contributed by atoms with Gasteiger partial charge in [-0.1, -0.05) is 40.9 Å². The first-order valence-electron chi connectivity index (χ1n) is 6.34. The highest BCUT2D eigenvalue weighted by molar-refractivity contribution is 6.35. The molecule has 0 N–H and O–H groups in total. The van der Waals surface area contributed by atoms with Crippen LogP contribution in [0, 0.1) is 6.92 Å². The molecule has 2 aromatic carbocycles. The molecule has 0 saturated heterocycles. The maximum absolute atomic E-state index is 6.22. The van der Waals surface area contributed by atoms with E-state index in [1.165, 1.54) is 11.1 Å².